The van der Waals surface area contributed by atoms with Crippen molar-refractivity contribution in [3.05, 3.63) is 60.7 Å². The zero-order valence-corrected chi connectivity index (χ0v) is 15.5. The first-order chi connectivity index (χ1) is 13.1. The second-order valence-corrected chi connectivity index (χ2v) is 7.90. The summed E-state index contributed by atoms with van der Waals surface area (Å²) in [5.41, 5.74) is 0. The Kier molecular flexibility index (Phi) is 4.63. The Morgan fingerprint density at radius 1 is 1.00 bits per heavy atom. The van der Waals surface area contributed by atoms with Gasteiger partial charge in [-0.1, -0.05) is 36.4 Å². The minimum absolute atomic E-state index is 0.108. The Morgan fingerprint density at radius 3 is 2.48 bits per heavy atom. The summed E-state index contributed by atoms with van der Waals surface area (Å²) in [4.78, 5) is 0.205. The lowest BCUT2D eigenvalue weighted by molar-refractivity contribution is 0.0943. The van der Waals surface area contributed by atoms with E-state index in [1.54, 1.807) is 37.4 Å². The first kappa shape index (κ1) is 17.6. The van der Waals surface area contributed by atoms with Crippen molar-refractivity contribution in [2.24, 2.45) is 0 Å². The summed E-state index contributed by atoms with van der Waals surface area (Å²) in [6, 6.07) is 17.8. The molecule has 1 N–H and O–H groups in total. The van der Waals surface area contributed by atoms with Crippen LogP contribution in [-0.4, -0.2) is 34.8 Å². The van der Waals surface area contributed by atoms with E-state index in [-0.39, 0.29) is 18.0 Å². The fourth-order valence-electron chi connectivity index (χ4n) is 3.10. The highest BCUT2D eigenvalue weighted by Crippen LogP contribution is 2.32. The predicted molar refractivity (Wildman–Crippen MR) is 102 cm³/mol. The van der Waals surface area contributed by atoms with E-state index in [0.717, 1.165) is 5.39 Å². The molecule has 0 aliphatic carbocycles. The van der Waals surface area contributed by atoms with Crippen LogP contribution in [-0.2, 0) is 10.0 Å². The Hall–Kier alpha value is -2.77. The molecule has 4 rings (SSSR count). The molecular formula is C20H19NO5S. The van der Waals surface area contributed by atoms with Crippen LogP contribution in [0.4, 0.5) is 0 Å². The molecule has 0 saturated carbocycles. The Bertz CT molecular complexity index is 1080. The highest BCUT2D eigenvalue weighted by molar-refractivity contribution is 7.89. The first-order valence-corrected chi connectivity index (χ1v) is 10.0. The van der Waals surface area contributed by atoms with Gasteiger partial charge in [-0.2, -0.15) is 0 Å². The zero-order chi connectivity index (χ0) is 18.9. The fraction of sp³-hybridized carbons (Fsp3) is 0.200. The number of sulfonamides is 1. The number of ether oxygens (including phenoxy) is 3. The van der Waals surface area contributed by atoms with E-state index >= 15 is 0 Å². The van der Waals surface area contributed by atoms with Crippen molar-refractivity contribution < 1.29 is 22.6 Å². The molecule has 3 aromatic carbocycles. The fourth-order valence-corrected chi connectivity index (χ4v) is 4.38. The zero-order valence-electron chi connectivity index (χ0n) is 14.7. The number of benzene rings is 3. The van der Waals surface area contributed by atoms with Gasteiger partial charge in [0.25, 0.3) is 0 Å². The number of hydrogen-bond acceptors (Lipinski definition) is 5. The van der Waals surface area contributed by atoms with Crippen LogP contribution in [0.25, 0.3) is 10.8 Å². The molecule has 1 aliphatic rings. The van der Waals surface area contributed by atoms with Gasteiger partial charge in [0.2, 0.25) is 10.0 Å². The molecule has 0 amide bonds. The maximum Gasteiger partial charge on any atom is 0.241 e. The van der Waals surface area contributed by atoms with Crippen molar-refractivity contribution in [1.29, 1.82) is 0 Å². The topological polar surface area (TPSA) is 73.9 Å². The Morgan fingerprint density at radius 2 is 1.70 bits per heavy atom. The van der Waals surface area contributed by atoms with Gasteiger partial charge in [0.1, 0.15) is 18.5 Å². The second-order valence-electron chi connectivity index (χ2n) is 6.16. The van der Waals surface area contributed by atoms with Gasteiger partial charge in [-0.05, 0) is 24.3 Å². The van der Waals surface area contributed by atoms with Gasteiger partial charge in [-0.3, -0.25) is 0 Å². The minimum atomic E-state index is -3.73. The van der Waals surface area contributed by atoms with Crippen molar-refractivity contribution in [3.8, 4) is 17.2 Å². The molecule has 1 atom stereocenters. The summed E-state index contributed by atoms with van der Waals surface area (Å²) in [6.45, 7) is 0.389. The molecule has 1 aliphatic heterocycles. The molecule has 140 valence electrons. The van der Waals surface area contributed by atoms with Gasteiger partial charge >= 0.3 is 0 Å². The average Bonchev–Trinajstić information content (AvgIpc) is 2.71. The van der Waals surface area contributed by atoms with Crippen LogP contribution in [0.15, 0.2) is 65.6 Å². The molecule has 0 bridgehead atoms. The standard InChI is InChI=1S/C20H19NO5S/c1-24-17-10-11-20(16-7-3-2-6-15(16)17)27(22,23)21-12-14-13-25-18-8-4-5-9-19(18)26-14/h2-11,14,21H,12-13H2,1H3. The SMILES string of the molecule is COc1ccc(S(=O)(=O)NCC2COc3ccccc3O2)c2ccccc12. The molecule has 27 heavy (non-hydrogen) atoms. The lowest BCUT2D eigenvalue weighted by Crippen LogP contribution is -2.40. The van der Waals surface area contributed by atoms with Gasteiger partial charge in [-0.15, -0.1) is 0 Å². The highest BCUT2D eigenvalue weighted by atomic mass is 32.2. The third kappa shape index (κ3) is 3.43. The van der Waals surface area contributed by atoms with Gasteiger partial charge in [0.05, 0.1) is 18.6 Å². The lowest BCUT2D eigenvalue weighted by atomic mass is 10.1. The Balaban J connectivity index is 1.56. The normalized spacial score (nSPS) is 16.3. The number of methoxy groups -OCH3 is 1. The maximum absolute atomic E-state index is 12.9. The van der Waals surface area contributed by atoms with Crippen LogP contribution >= 0.6 is 0 Å². The van der Waals surface area contributed by atoms with Crippen LogP contribution in [0.3, 0.4) is 0 Å². The summed E-state index contributed by atoms with van der Waals surface area (Å²) >= 11 is 0. The maximum atomic E-state index is 12.9. The molecule has 6 nitrogen and oxygen atoms in total. The number of nitrogens with one attached hydrogen (secondary N) is 1. The molecule has 0 spiro atoms. The largest absolute Gasteiger partial charge is 0.496 e. The van der Waals surface area contributed by atoms with E-state index in [9.17, 15) is 8.42 Å². The predicted octanol–water partition coefficient (Wildman–Crippen LogP) is 2.97. The highest BCUT2D eigenvalue weighted by Gasteiger charge is 2.24. The molecular weight excluding hydrogens is 366 g/mol. The number of rotatable bonds is 5. The van der Waals surface area contributed by atoms with Crippen LogP contribution in [0.1, 0.15) is 0 Å². The van der Waals surface area contributed by atoms with Gasteiger partial charge in [0.15, 0.2) is 11.5 Å². The van der Waals surface area contributed by atoms with E-state index in [4.69, 9.17) is 14.2 Å². The number of fused-ring (bicyclic) bond motifs is 2. The van der Waals surface area contributed by atoms with Crippen molar-refractivity contribution >= 4 is 20.8 Å². The molecule has 1 heterocycles. The number of hydrogen-bond donors (Lipinski definition) is 1. The molecule has 0 radical (unpaired) electrons. The third-order valence-electron chi connectivity index (χ3n) is 4.42. The Labute approximate surface area is 157 Å². The van der Waals surface area contributed by atoms with Gasteiger partial charge in [0, 0.05) is 10.8 Å². The smallest absolute Gasteiger partial charge is 0.241 e. The summed E-state index contributed by atoms with van der Waals surface area (Å²) in [6.07, 6.45) is -0.404. The van der Waals surface area contributed by atoms with Crippen molar-refractivity contribution in [2.75, 3.05) is 20.3 Å². The van der Waals surface area contributed by atoms with Gasteiger partial charge < -0.3 is 14.2 Å². The quantitative estimate of drug-likeness (QED) is 0.731. The second kappa shape index (κ2) is 7.09. The molecule has 0 saturated heterocycles. The third-order valence-corrected chi connectivity index (χ3v) is 5.90. The van der Waals surface area contributed by atoms with E-state index < -0.39 is 16.1 Å². The van der Waals surface area contributed by atoms with Crippen molar-refractivity contribution in [3.63, 3.8) is 0 Å². The molecule has 0 fully saturated rings. The molecule has 0 aromatic heterocycles. The average molecular weight is 385 g/mol. The van der Waals surface area contributed by atoms with Gasteiger partial charge in [-0.25, -0.2) is 13.1 Å². The van der Waals surface area contributed by atoms with Crippen LogP contribution in [0.5, 0.6) is 17.2 Å². The lowest BCUT2D eigenvalue weighted by Gasteiger charge is -2.26. The van der Waals surface area contributed by atoms with Crippen LogP contribution < -0.4 is 18.9 Å². The van der Waals surface area contributed by atoms with Crippen LogP contribution in [0, 0.1) is 0 Å². The summed E-state index contributed by atoms with van der Waals surface area (Å²) < 4.78 is 45.2. The molecule has 1 unspecified atom stereocenters. The summed E-state index contributed by atoms with van der Waals surface area (Å²) in [5, 5.41) is 1.35. The van der Waals surface area contributed by atoms with E-state index in [1.165, 1.54) is 0 Å². The minimum Gasteiger partial charge on any atom is -0.496 e. The van der Waals surface area contributed by atoms with Crippen LogP contribution in [0.2, 0.25) is 0 Å². The van der Waals surface area contributed by atoms with E-state index in [2.05, 4.69) is 4.72 Å². The summed E-state index contributed by atoms with van der Waals surface area (Å²) in [7, 11) is -2.17. The van der Waals surface area contributed by atoms with E-state index in [0.29, 0.717) is 22.6 Å². The van der Waals surface area contributed by atoms with Crippen molar-refractivity contribution in [1.82, 2.24) is 4.72 Å². The summed E-state index contributed by atoms with van der Waals surface area (Å²) in [5.74, 6) is 1.91. The molecule has 3 aromatic rings. The monoisotopic (exact) mass is 385 g/mol. The molecule has 7 heteroatoms. The van der Waals surface area contributed by atoms with Crippen molar-refractivity contribution in [2.45, 2.75) is 11.0 Å². The number of para-hydroxylation sites is 2. The van der Waals surface area contributed by atoms with E-state index in [1.807, 2.05) is 30.3 Å². The first-order valence-electron chi connectivity index (χ1n) is 8.52.